The van der Waals surface area contributed by atoms with Gasteiger partial charge in [-0.3, -0.25) is 9.78 Å². The molecular formula is C14H13N3O4S. The van der Waals surface area contributed by atoms with Gasteiger partial charge in [0, 0.05) is 29.4 Å². The van der Waals surface area contributed by atoms with E-state index >= 15 is 0 Å². The van der Waals surface area contributed by atoms with Crippen LogP contribution in [-0.2, 0) is 21.4 Å². The number of aliphatic hydroxyl groups is 1. The molecule has 0 saturated heterocycles. The van der Waals surface area contributed by atoms with E-state index in [-0.39, 0.29) is 11.5 Å². The number of fused-ring (bicyclic) bond motifs is 3. The molecule has 0 fully saturated rings. The molecular weight excluding hydrogens is 306 g/mol. The van der Waals surface area contributed by atoms with Crippen molar-refractivity contribution in [3.63, 3.8) is 0 Å². The van der Waals surface area contributed by atoms with Crippen molar-refractivity contribution in [2.75, 3.05) is 0 Å². The second kappa shape index (κ2) is 5.08. The van der Waals surface area contributed by atoms with Crippen molar-refractivity contribution in [1.82, 2.24) is 14.7 Å². The molecule has 0 aliphatic rings. The van der Waals surface area contributed by atoms with Crippen LogP contribution in [0.4, 0.5) is 0 Å². The Balaban J connectivity index is 2.26. The summed E-state index contributed by atoms with van der Waals surface area (Å²) >= 11 is 0. The molecule has 3 N–H and O–H groups in total. The molecule has 22 heavy (non-hydrogen) atoms. The zero-order chi connectivity index (χ0) is 15.9. The number of nitrogens with one attached hydrogen (secondary N) is 2. The van der Waals surface area contributed by atoms with Gasteiger partial charge in [0.05, 0.1) is 22.7 Å². The van der Waals surface area contributed by atoms with Crippen LogP contribution in [0.1, 0.15) is 12.6 Å². The third kappa shape index (κ3) is 2.32. The molecule has 1 aromatic carbocycles. The molecule has 3 aromatic rings. The minimum absolute atomic E-state index is 0.00143. The lowest BCUT2D eigenvalue weighted by Crippen LogP contribution is -2.28. The summed E-state index contributed by atoms with van der Waals surface area (Å²) in [5, 5.41) is 10.8. The first-order valence-electron chi connectivity index (χ1n) is 6.46. The Kier molecular flexibility index (Phi) is 3.34. The average molecular weight is 319 g/mol. The number of sulfonamides is 1. The molecule has 0 bridgehead atoms. The lowest BCUT2D eigenvalue weighted by molar-refractivity contribution is -0.117. The number of amides is 1. The van der Waals surface area contributed by atoms with Gasteiger partial charge in [-0.15, -0.1) is 0 Å². The summed E-state index contributed by atoms with van der Waals surface area (Å²) in [7, 11) is -3.89. The van der Waals surface area contributed by atoms with E-state index in [1.54, 1.807) is 18.3 Å². The molecule has 2 heterocycles. The molecule has 0 aliphatic heterocycles. The molecule has 1 amide bonds. The number of benzene rings is 1. The predicted octanol–water partition coefficient (Wildman–Crippen LogP) is 1.03. The number of hydrogen-bond donors (Lipinski definition) is 3. The number of aromatic amines is 1. The van der Waals surface area contributed by atoms with Gasteiger partial charge >= 0.3 is 0 Å². The van der Waals surface area contributed by atoms with E-state index in [0.29, 0.717) is 16.6 Å². The summed E-state index contributed by atoms with van der Waals surface area (Å²) in [5.41, 5.74) is 1.87. The van der Waals surface area contributed by atoms with Crippen LogP contribution in [-0.4, -0.2) is 29.4 Å². The van der Waals surface area contributed by atoms with Crippen LogP contribution in [0.5, 0.6) is 0 Å². The number of rotatable bonds is 3. The summed E-state index contributed by atoms with van der Waals surface area (Å²) in [6, 6.07) is 6.25. The summed E-state index contributed by atoms with van der Waals surface area (Å²) in [6.07, 6.45) is 1.55. The fourth-order valence-electron chi connectivity index (χ4n) is 2.39. The monoisotopic (exact) mass is 319 g/mol. The maximum Gasteiger partial charge on any atom is 0.264 e. The molecule has 0 unspecified atom stereocenters. The molecule has 0 aliphatic carbocycles. The normalized spacial score (nSPS) is 11.9. The summed E-state index contributed by atoms with van der Waals surface area (Å²) in [5.74, 6) is -0.647. The van der Waals surface area contributed by atoms with Crippen LogP contribution in [0, 0.1) is 0 Å². The van der Waals surface area contributed by atoms with Gasteiger partial charge in [0.15, 0.2) is 0 Å². The van der Waals surface area contributed by atoms with Gasteiger partial charge in [0.25, 0.3) is 10.0 Å². The molecule has 3 rings (SSSR count). The average Bonchev–Trinajstić information content (AvgIpc) is 2.83. The third-order valence-corrected chi connectivity index (χ3v) is 4.74. The minimum Gasteiger partial charge on any atom is -0.390 e. The van der Waals surface area contributed by atoms with E-state index in [1.807, 2.05) is 4.72 Å². The second-order valence-corrected chi connectivity index (χ2v) is 6.51. The summed E-state index contributed by atoms with van der Waals surface area (Å²) in [4.78, 5) is 18.2. The van der Waals surface area contributed by atoms with Crippen LogP contribution in [0.25, 0.3) is 21.8 Å². The van der Waals surface area contributed by atoms with Crippen molar-refractivity contribution < 1.29 is 18.3 Å². The van der Waals surface area contributed by atoms with Crippen molar-refractivity contribution in [2.45, 2.75) is 18.4 Å². The summed E-state index contributed by atoms with van der Waals surface area (Å²) < 4.78 is 26.1. The van der Waals surface area contributed by atoms with Crippen molar-refractivity contribution in [2.24, 2.45) is 0 Å². The number of carbonyl (C=O) groups is 1. The van der Waals surface area contributed by atoms with Gasteiger partial charge in [-0.2, -0.15) is 0 Å². The molecule has 8 heteroatoms. The highest BCUT2D eigenvalue weighted by Gasteiger charge is 2.17. The van der Waals surface area contributed by atoms with Crippen molar-refractivity contribution in [1.29, 1.82) is 0 Å². The van der Waals surface area contributed by atoms with E-state index in [9.17, 15) is 18.3 Å². The highest BCUT2D eigenvalue weighted by atomic mass is 32.2. The fraction of sp³-hybridized carbons (Fsp3) is 0.143. The van der Waals surface area contributed by atoms with E-state index in [0.717, 1.165) is 17.8 Å². The van der Waals surface area contributed by atoms with Gasteiger partial charge in [0.2, 0.25) is 5.91 Å². The van der Waals surface area contributed by atoms with Gasteiger partial charge in [-0.05, 0) is 24.3 Å². The number of aromatic nitrogens is 2. The maximum atomic E-state index is 12.1. The third-order valence-electron chi connectivity index (χ3n) is 3.31. The first-order valence-corrected chi connectivity index (χ1v) is 7.94. The standard InChI is InChI=1S/C14H13N3O4S/c1-8(19)17-22(20,21)9-2-3-12-11(6-9)10-4-5-15-13(7-18)14(10)16-12/h2-6,16,18H,7H2,1H3,(H,17,19). The molecule has 0 atom stereocenters. The van der Waals surface area contributed by atoms with E-state index in [2.05, 4.69) is 9.97 Å². The lowest BCUT2D eigenvalue weighted by atomic mass is 10.1. The predicted molar refractivity (Wildman–Crippen MR) is 80.5 cm³/mol. The highest BCUT2D eigenvalue weighted by molar-refractivity contribution is 7.90. The number of H-pyrrole nitrogens is 1. The largest absolute Gasteiger partial charge is 0.390 e. The van der Waals surface area contributed by atoms with Crippen molar-refractivity contribution in [3.05, 3.63) is 36.2 Å². The van der Waals surface area contributed by atoms with Gasteiger partial charge in [-0.25, -0.2) is 13.1 Å². The van der Waals surface area contributed by atoms with Gasteiger partial charge in [0.1, 0.15) is 0 Å². The summed E-state index contributed by atoms with van der Waals surface area (Å²) in [6.45, 7) is 0.919. The SMILES string of the molecule is CC(=O)NS(=O)(=O)c1ccc2[nH]c3c(CO)nccc3c2c1. The number of hydrogen-bond acceptors (Lipinski definition) is 5. The van der Waals surface area contributed by atoms with Gasteiger partial charge < -0.3 is 10.1 Å². The van der Waals surface area contributed by atoms with Crippen LogP contribution in [0.15, 0.2) is 35.4 Å². The Morgan fingerprint density at radius 2 is 2.09 bits per heavy atom. The van der Waals surface area contributed by atoms with Crippen LogP contribution in [0.3, 0.4) is 0 Å². The molecule has 0 radical (unpaired) electrons. The minimum atomic E-state index is -3.89. The molecule has 2 aromatic heterocycles. The fourth-order valence-corrected chi connectivity index (χ4v) is 3.41. The number of pyridine rings is 1. The Bertz CT molecular complexity index is 992. The topological polar surface area (TPSA) is 112 Å². The lowest BCUT2D eigenvalue weighted by Gasteiger charge is -2.04. The second-order valence-electron chi connectivity index (χ2n) is 4.83. The zero-order valence-electron chi connectivity index (χ0n) is 11.6. The Hall–Kier alpha value is -2.45. The van der Waals surface area contributed by atoms with Crippen molar-refractivity contribution >= 4 is 37.7 Å². The smallest absolute Gasteiger partial charge is 0.264 e. The Labute approximate surface area is 126 Å². The number of aliphatic hydroxyl groups excluding tert-OH is 1. The van der Waals surface area contributed by atoms with Gasteiger partial charge in [-0.1, -0.05) is 0 Å². The van der Waals surface area contributed by atoms with Crippen LogP contribution < -0.4 is 4.72 Å². The zero-order valence-corrected chi connectivity index (χ0v) is 12.4. The Morgan fingerprint density at radius 1 is 1.32 bits per heavy atom. The first kappa shape index (κ1) is 14.5. The number of nitrogens with zero attached hydrogens (tertiary/aromatic N) is 1. The quantitative estimate of drug-likeness (QED) is 0.667. The van der Waals surface area contributed by atoms with Crippen LogP contribution in [0.2, 0.25) is 0 Å². The Morgan fingerprint density at radius 3 is 2.77 bits per heavy atom. The molecule has 0 saturated carbocycles. The van der Waals surface area contributed by atoms with E-state index in [4.69, 9.17) is 0 Å². The molecule has 7 nitrogen and oxygen atoms in total. The van der Waals surface area contributed by atoms with E-state index in [1.165, 1.54) is 12.1 Å². The number of carbonyl (C=O) groups excluding carboxylic acids is 1. The highest BCUT2D eigenvalue weighted by Crippen LogP contribution is 2.28. The van der Waals surface area contributed by atoms with E-state index < -0.39 is 15.9 Å². The van der Waals surface area contributed by atoms with Crippen molar-refractivity contribution in [3.8, 4) is 0 Å². The maximum absolute atomic E-state index is 12.1. The first-order chi connectivity index (χ1) is 10.4. The molecule has 0 spiro atoms. The van der Waals surface area contributed by atoms with Crippen LogP contribution >= 0.6 is 0 Å². The molecule has 114 valence electrons.